The summed E-state index contributed by atoms with van der Waals surface area (Å²) in [5, 5.41) is 0. The van der Waals surface area contributed by atoms with E-state index in [1.165, 1.54) is 0 Å². The minimum Gasteiger partial charge on any atom is -0.497 e. The highest BCUT2D eigenvalue weighted by Crippen LogP contribution is 2.22. The largest absolute Gasteiger partial charge is 0.497 e. The first-order valence-corrected chi connectivity index (χ1v) is 4.59. The molecule has 0 aliphatic heterocycles. The molecule has 0 unspecified atom stereocenters. The van der Waals surface area contributed by atoms with E-state index < -0.39 is 0 Å². The van der Waals surface area contributed by atoms with Crippen molar-refractivity contribution in [2.24, 2.45) is 0 Å². The van der Waals surface area contributed by atoms with Gasteiger partial charge in [-0.05, 0) is 24.6 Å². The molecule has 78 valence electrons. The lowest BCUT2D eigenvalue weighted by Gasteiger charge is -2.08. The fourth-order valence-corrected chi connectivity index (χ4v) is 1.17. The normalized spacial score (nSPS) is 9.93. The molecule has 1 aromatic carbocycles. The van der Waals surface area contributed by atoms with Crippen molar-refractivity contribution in [2.45, 2.75) is 13.5 Å². The van der Waals surface area contributed by atoms with Crippen LogP contribution in [0.25, 0.3) is 0 Å². The molecule has 0 aliphatic rings. The van der Waals surface area contributed by atoms with Gasteiger partial charge in [0.1, 0.15) is 11.5 Å². The molecule has 0 amide bonds. The van der Waals surface area contributed by atoms with Crippen LogP contribution >= 0.6 is 0 Å². The van der Waals surface area contributed by atoms with Gasteiger partial charge in [0.05, 0.1) is 20.8 Å². The summed E-state index contributed by atoms with van der Waals surface area (Å²) < 4.78 is 15.6. The van der Waals surface area contributed by atoms with E-state index in [4.69, 9.17) is 14.2 Å². The van der Waals surface area contributed by atoms with Crippen molar-refractivity contribution in [3.63, 3.8) is 0 Å². The van der Waals surface area contributed by atoms with Crippen LogP contribution in [0.5, 0.6) is 11.5 Å². The molecule has 0 aromatic heterocycles. The highest BCUT2D eigenvalue weighted by molar-refractivity contribution is 5.38. The van der Waals surface area contributed by atoms with Gasteiger partial charge in [0.2, 0.25) is 0 Å². The molecule has 0 radical (unpaired) electrons. The Labute approximate surface area is 84.6 Å². The van der Waals surface area contributed by atoms with E-state index in [1.54, 1.807) is 14.2 Å². The first-order chi connectivity index (χ1) is 6.80. The maximum absolute atomic E-state index is 5.31. The summed E-state index contributed by atoms with van der Waals surface area (Å²) in [7, 11) is 3.28. The number of benzene rings is 1. The zero-order valence-corrected chi connectivity index (χ0v) is 8.87. The summed E-state index contributed by atoms with van der Waals surface area (Å²) in [6.07, 6.45) is 0. The van der Waals surface area contributed by atoms with Gasteiger partial charge < -0.3 is 14.2 Å². The van der Waals surface area contributed by atoms with E-state index in [9.17, 15) is 0 Å². The fraction of sp³-hybridized carbons (Fsp3) is 0.455. The topological polar surface area (TPSA) is 27.7 Å². The number of hydrogen-bond acceptors (Lipinski definition) is 3. The second kappa shape index (κ2) is 5.50. The summed E-state index contributed by atoms with van der Waals surface area (Å²) >= 11 is 0. The van der Waals surface area contributed by atoms with Crippen LogP contribution < -0.4 is 9.47 Å². The van der Waals surface area contributed by atoms with E-state index in [2.05, 4.69) is 0 Å². The van der Waals surface area contributed by atoms with E-state index in [1.807, 2.05) is 25.1 Å². The van der Waals surface area contributed by atoms with Crippen LogP contribution in [0, 0.1) is 0 Å². The van der Waals surface area contributed by atoms with Crippen molar-refractivity contribution >= 4 is 0 Å². The maximum Gasteiger partial charge on any atom is 0.122 e. The molecule has 0 atom stereocenters. The first-order valence-electron chi connectivity index (χ1n) is 4.59. The number of hydrogen-bond donors (Lipinski definition) is 0. The fourth-order valence-electron chi connectivity index (χ4n) is 1.17. The summed E-state index contributed by atoms with van der Waals surface area (Å²) in [5.41, 5.74) is 1.06. The smallest absolute Gasteiger partial charge is 0.122 e. The molecule has 1 rings (SSSR count). The van der Waals surface area contributed by atoms with Crippen molar-refractivity contribution in [1.82, 2.24) is 0 Å². The van der Waals surface area contributed by atoms with Crippen molar-refractivity contribution in [3.05, 3.63) is 23.8 Å². The minimum absolute atomic E-state index is 0.587. The highest BCUT2D eigenvalue weighted by atomic mass is 16.5. The third-order valence-electron chi connectivity index (χ3n) is 1.88. The molecule has 0 N–H and O–H groups in total. The Hall–Kier alpha value is -1.22. The number of rotatable bonds is 5. The summed E-state index contributed by atoms with van der Waals surface area (Å²) in [5.74, 6) is 1.58. The van der Waals surface area contributed by atoms with Gasteiger partial charge in [-0.1, -0.05) is 0 Å². The van der Waals surface area contributed by atoms with Gasteiger partial charge in [-0.25, -0.2) is 0 Å². The van der Waals surface area contributed by atoms with Crippen molar-refractivity contribution < 1.29 is 14.2 Å². The molecule has 0 fully saturated rings. The second-order valence-electron chi connectivity index (χ2n) is 2.86. The molecular weight excluding hydrogens is 180 g/mol. The summed E-state index contributed by atoms with van der Waals surface area (Å²) in [6, 6.07) is 5.73. The second-order valence-corrected chi connectivity index (χ2v) is 2.86. The van der Waals surface area contributed by atoms with Crippen LogP contribution in [0.15, 0.2) is 18.2 Å². The van der Waals surface area contributed by atoms with Crippen LogP contribution in [0.2, 0.25) is 0 Å². The Kier molecular flexibility index (Phi) is 4.26. The molecule has 3 nitrogen and oxygen atoms in total. The number of ether oxygens (including phenoxy) is 3. The Bertz CT molecular complexity index is 262. The Morgan fingerprint density at radius 2 is 1.57 bits per heavy atom. The molecule has 1 aromatic rings. The average molecular weight is 196 g/mol. The van der Waals surface area contributed by atoms with E-state index in [0.29, 0.717) is 13.2 Å². The Balaban J connectivity index is 2.81. The zero-order chi connectivity index (χ0) is 10.4. The lowest BCUT2D eigenvalue weighted by Crippen LogP contribution is -1.94. The van der Waals surface area contributed by atoms with Crippen molar-refractivity contribution in [2.75, 3.05) is 20.8 Å². The number of methoxy groups -OCH3 is 2. The zero-order valence-electron chi connectivity index (χ0n) is 8.87. The molecule has 0 aliphatic carbocycles. The van der Waals surface area contributed by atoms with Gasteiger partial charge >= 0.3 is 0 Å². The maximum atomic E-state index is 5.31. The molecule has 0 spiro atoms. The predicted octanol–water partition coefficient (Wildman–Crippen LogP) is 2.24. The quantitative estimate of drug-likeness (QED) is 0.722. The van der Waals surface area contributed by atoms with Gasteiger partial charge in [-0.3, -0.25) is 0 Å². The van der Waals surface area contributed by atoms with Crippen LogP contribution in [0.3, 0.4) is 0 Å². The van der Waals surface area contributed by atoms with Gasteiger partial charge in [-0.15, -0.1) is 0 Å². The van der Waals surface area contributed by atoms with Crippen molar-refractivity contribution in [1.29, 1.82) is 0 Å². The summed E-state index contributed by atoms with van der Waals surface area (Å²) in [4.78, 5) is 0. The Morgan fingerprint density at radius 1 is 1.00 bits per heavy atom. The first kappa shape index (κ1) is 10.9. The van der Waals surface area contributed by atoms with Gasteiger partial charge in [0.15, 0.2) is 0 Å². The third kappa shape index (κ3) is 2.92. The van der Waals surface area contributed by atoms with Crippen LogP contribution in [-0.2, 0) is 11.3 Å². The minimum atomic E-state index is 0.587. The average Bonchev–Trinajstić information content (AvgIpc) is 2.25. The van der Waals surface area contributed by atoms with E-state index in [0.717, 1.165) is 17.1 Å². The standard InChI is InChI=1S/C11H16O3/c1-4-14-8-9-5-10(12-2)7-11(6-9)13-3/h5-7H,4,8H2,1-3H3. The molecule has 0 saturated carbocycles. The third-order valence-corrected chi connectivity index (χ3v) is 1.88. The highest BCUT2D eigenvalue weighted by Gasteiger charge is 2.01. The SMILES string of the molecule is CCOCc1cc(OC)cc(OC)c1. The summed E-state index contributed by atoms with van der Waals surface area (Å²) in [6.45, 7) is 3.26. The van der Waals surface area contributed by atoms with Crippen molar-refractivity contribution in [3.8, 4) is 11.5 Å². The molecular formula is C11H16O3. The molecule has 3 heteroatoms. The predicted molar refractivity (Wildman–Crippen MR) is 54.9 cm³/mol. The Morgan fingerprint density at radius 3 is 2.00 bits per heavy atom. The van der Waals surface area contributed by atoms with Gasteiger partial charge in [0, 0.05) is 12.7 Å². The van der Waals surface area contributed by atoms with Gasteiger partial charge in [0.25, 0.3) is 0 Å². The van der Waals surface area contributed by atoms with Crippen LogP contribution in [-0.4, -0.2) is 20.8 Å². The lowest BCUT2D eigenvalue weighted by molar-refractivity contribution is 0.133. The monoisotopic (exact) mass is 196 g/mol. The molecule has 0 saturated heterocycles. The van der Waals surface area contributed by atoms with E-state index >= 15 is 0 Å². The molecule has 14 heavy (non-hydrogen) atoms. The van der Waals surface area contributed by atoms with E-state index in [-0.39, 0.29) is 0 Å². The molecule has 0 heterocycles. The van der Waals surface area contributed by atoms with Gasteiger partial charge in [-0.2, -0.15) is 0 Å². The molecule has 0 bridgehead atoms. The van der Waals surface area contributed by atoms with Crippen LogP contribution in [0.1, 0.15) is 12.5 Å². The lowest BCUT2D eigenvalue weighted by atomic mass is 10.2. The van der Waals surface area contributed by atoms with Crippen LogP contribution in [0.4, 0.5) is 0 Å².